The number of nitrogens with one attached hydrogen (secondary N) is 4. The molecule has 0 bridgehead atoms. The molecule has 0 spiro atoms. The Bertz CT molecular complexity index is 1940. The topological polar surface area (TPSA) is 265 Å². The normalized spacial score (nSPS) is 12.2. The van der Waals surface area contributed by atoms with Crippen molar-refractivity contribution in [2.45, 2.75) is 477 Å². The van der Waals surface area contributed by atoms with E-state index in [1.54, 1.807) is 0 Å². The van der Waals surface area contributed by atoms with Gasteiger partial charge in [-0.1, -0.05) is 439 Å². The van der Waals surface area contributed by atoms with Crippen molar-refractivity contribution in [2.24, 2.45) is 0 Å². The number of carboxylic acid groups (broad SMARTS) is 2. The predicted molar refractivity (Wildman–Crippen MR) is 428 cm³/mol. The second-order valence-corrected chi connectivity index (χ2v) is 37.4. The fourth-order valence-corrected chi connectivity index (χ4v) is 18.3. The molecule has 0 unspecified atom stereocenters. The van der Waals surface area contributed by atoms with E-state index < -0.39 is 64.4 Å². The van der Waals surface area contributed by atoms with E-state index >= 15 is 0 Å². The van der Waals surface area contributed by atoms with Gasteiger partial charge in [0.2, 0.25) is 40.1 Å². The number of carbonyl (C=O) groups is 2. The van der Waals surface area contributed by atoms with Crippen LogP contribution in [0, 0.1) is 0 Å². The Hall–Kier alpha value is 0.151. The van der Waals surface area contributed by atoms with E-state index in [9.17, 15) is 53.5 Å². The Morgan fingerprint density at radius 1 is 0.198 bits per heavy atom. The average Bonchev–Trinajstić information content (AvgIpc) is 0.870. The third kappa shape index (κ3) is 82.5. The Morgan fingerprint density at radius 2 is 0.287 bits per heavy atom. The van der Waals surface area contributed by atoms with E-state index in [0.717, 1.165) is 103 Å². The first-order valence-electron chi connectivity index (χ1n) is 42.7. The second kappa shape index (κ2) is 78.3. The van der Waals surface area contributed by atoms with E-state index in [-0.39, 0.29) is 71.9 Å². The van der Waals surface area contributed by atoms with E-state index in [2.05, 4.69) is 27.7 Å². The minimum Gasteiger partial charge on any atom is -0.547 e. The molecule has 0 aliphatic carbocycles. The Morgan fingerprint density at radius 3 is 0.376 bits per heavy atom. The van der Waals surface area contributed by atoms with Crippen LogP contribution in [0.4, 0.5) is 0 Å². The van der Waals surface area contributed by atoms with Gasteiger partial charge in [-0.05, 0) is 25.7 Å². The molecule has 0 aliphatic heterocycles. The van der Waals surface area contributed by atoms with Gasteiger partial charge in [-0.15, -0.1) is 0 Å². The van der Waals surface area contributed by atoms with Crippen molar-refractivity contribution >= 4 is 101 Å². The van der Waals surface area contributed by atoms with Crippen LogP contribution in [0.25, 0.3) is 0 Å². The molecule has 0 atom stereocenters. The van der Waals surface area contributed by atoms with Crippen LogP contribution in [0.2, 0.25) is 0 Å². The van der Waals surface area contributed by atoms with Crippen molar-refractivity contribution in [3.8, 4) is 0 Å². The van der Waals surface area contributed by atoms with Crippen LogP contribution < -0.4 is 29.1 Å². The number of rotatable bonds is 82. The van der Waals surface area contributed by atoms with Crippen molar-refractivity contribution in [1.29, 1.82) is 0 Å². The number of sulfonamides is 4. The van der Waals surface area contributed by atoms with Gasteiger partial charge in [0.05, 0.1) is 35.0 Å². The molecule has 0 amide bonds. The van der Waals surface area contributed by atoms with Gasteiger partial charge in [-0.25, -0.2) is 33.7 Å². The van der Waals surface area contributed by atoms with Gasteiger partial charge < -0.3 is 19.8 Å². The van der Waals surface area contributed by atoms with Crippen molar-refractivity contribution in [3.63, 3.8) is 0 Å². The molecule has 4 N–H and O–H groups in total. The summed E-state index contributed by atoms with van der Waals surface area (Å²) < 4.78 is 108. The number of unbranched alkanes of at least 4 members (excludes halogenated alkanes) is 64. The van der Waals surface area contributed by atoms with Crippen molar-refractivity contribution in [3.05, 3.63) is 0 Å². The first kappa shape index (κ1) is 105. The van der Waals surface area contributed by atoms with Crippen LogP contribution in [0.15, 0.2) is 0 Å². The molecule has 0 fully saturated rings. The molecular weight excluding hydrogens is 1470 g/mol. The van der Waals surface area contributed by atoms with Gasteiger partial charge >= 0.3 is 48.9 Å². The molecule has 21 heteroatoms. The first-order valence-corrected chi connectivity index (χ1v) is 49.3. The van der Waals surface area contributed by atoms with E-state index in [1.165, 1.54) is 308 Å². The summed E-state index contributed by atoms with van der Waals surface area (Å²) in [5.41, 5.74) is 0. The van der Waals surface area contributed by atoms with Gasteiger partial charge in [-0.3, -0.25) is 0 Å². The molecule has 0 aromatic rings. The Labute approximate surface area is 666 Å². The van der Waals surface area contributed by atoms with Gasteiger partial charge in [0.25, 0.3) is 0 Å². The smallest absolute Gasteiger partial charge is 0.547 e. The van der Waals surface area contributed by atoms with Crippen LogP contribution >= 0.6 is 0 Å². The Kier molecular flexibility index (Phi) is 81.6. The summed E-state index contributed by atoms with van der Waals surface area (Å²) in [5, 5.41) is 23.1. The van der Waals surface area contributed by atoms with Gasteiger partial charge in [0, 0.05) is 0 Å². The van der Waals surface area contributed by atoms with Crippen LogP contribution in [-0.2, 0) is 49.7 Å². The number of aliphatic carboxylic acids is 2. The SMILES string of the molecule is CCCCCCCCCCCCCCCCCCCS(=O)(=O)NC(NS(=O)(=O)CCCCCCCCCCCCCCCCCCC)C(=O)[O-].CCCCCCCCCCCCCCCCCCCS(=O)(=O)NC(NS(=O)(=O)CCCCCCCCCCCCCCCCCCC)C(=O)[O-].[Ba+2]. The zero-order chi connectivity index (χ0) is 74.0. The Balaban J connectivity index is -0.00000188. The summed E-state index contributed by atoms with van der Waals surface area (Å²) in [5.74, 6) is -4.57. The molecule has 0 saturated heterocycles. The van der Waals surface area contributed by atoms with Crippen LogP contribution in [-0.4, -0.2) is 130 Å². The molecule has 0 saturated carbocycles. The average molecular weight is 1640 g/mol. The van der Waals surface area contributed by atoms with Gasteiger partial charge in [-0.2, -0.15) is 18.9 Å². The van der Waals surface area contributed by atoms with Crippen LogP contribution in [0.1, 0.15) is 464 Å². The third-order valence-electron chi connectivity index (χ3n) is 19.7. The van der Waals surface area contributed by atoms with Gasteiger partial charge in [0.1, 0.15) is 12.3 Å². The summed E-state index contributed by atoms with van der Waals surface area (Å²) in [6, 6.07) is 0. The van der Waals surface area contributed by atoms with Crippen molar-refractivity contribution in [2.75, 3.05) is 23.0 Å². The molecular formula is C80H162BaN4O12S4. The molecule has 0 aromatic heterocycles. The van der Waals surface area contributed by atoms with Crippen molar-refractivity contribution < 1.29 is 53.5 Å². The molecule has 0 heterocycles. The van der Waals surface area contributed by atoms with E-state index in [1.807, 2.05) is 18.9 Å². The summed E-state index contributed by atoms with van der Waals surface area (Å²) in [6.45, 7) is 9.02. The third-order valence-corrected chi connectivity index (χ3v) is 25.4. The summed E-state index contributed by atoms with van der Waals surface area (Å²) in [7, 11) is -15.9. The van der Waals surface area contributed by atoms with Crippen molar-refractivity contribution in [1.82, 2.24) is 18.9 Å². The first-order chi connectivity index (χ1) is 48.3. The quantitative estimate of drug-likeness (QED) is 0.0252. The fourth-order valence-electron chi connectivity index (χ4n) is 13.3. The monoisotopic (exact) mass is 1640 g/mol. The summed E-state index contributed by atoms with van der Waals surface area (Å²) in [6.07, 6.45) is 77.1. The molecule has 101 heavy (non-hydrogen) atoms. The number of hydrogen-bond acceptors (Lipinski definition) is 12. The second-order valence-electron chi connectivity index (χ2n) is 29.9. The van der Waals surface area contributed by atoms with Crippen LogP contribution in [0.3, 0.4) is 0 Å². The summed E-state index contributed by atoms with van der Waals surface area (Å²) >= 11 is 0. The largest absolute Gasteiger partial charge is 2.00 e. The number of carbonyl (C=O) groups excluding carboxylic acids is 2. The minimum atomic E-state index is -3.97. The fraction of sp³-hybridized carbons (Fsp3) is 0.975. The zero-order valence-electron chi connectivity index (χ0n) is 66.3. The van der Waals surface area contributed by atoms with Crippen LogP contribution in [0.5, 0.6) is 0 Å². The molecule has 0 aliphatic rings. The molecule has 0 radical (unpaired) electrons. The predicted octanol–water partition coefficient (Wildman–Crippen LogP) is 20.0. The van der Waals surface area contributed by atoms with Gasteiger partial charge in [0.15, 0.2) is 0 Å². The van der Waals surface area contributed by atoms with E-state index in [4.69, 9.17) is 0 Å². The maximum absolute atomic E-state index is 12.5. The summed E-state index contributed by atoms with van der Waals surface area (Å²) in [4.78, 5) is 23.1. The number of carboxylic acids is 2. The zero-order valence-corrected chi connectivity index (χ0v) is 74.0. The minimum absolute atomic E-state index is 0. The maximum atomic E-state index is 12.5. The molecule has 16 nitrogen and oxygen atoms in total. The van der Waals surface area contributed by atoms with E-state index in [0.29, 0.717) is 25.7 Å². The molecule has 600 valence electrons. The standard InChI is InChI=1S/2C40H82N2O6S2.Ba/c2*1-3-5-7-9-11-13-15-17-19-21-23-25-27-29-31-33-35-37-49(45,46)41-39(40(43)44)42-50(47,48)38-36-34-32-30-28-26-24-22-20-18-16-14-12-10-8-6-4-2;/h2*39,41-42H,3-38H2,1-2H3,(H,43,44);/q;;+2/p-2. The maximum Gasteiger partial charge on any atom is 2.00 e. The molecule has 0 rings (SSSR count). The molecule has 0 aromatic carbocycles. The number of hydrogen-bond donors (Lipinski definition) is 4.